The summed E-state index contributed by atoms with van der Waals surface area (Å²) < 4.78 is 17.9. The van der Waals surface area contributed by atoms with Gasteiger partial charge in [-0.15, -0.1) is 0 Å². The van der Waals surface area contributed by atoms with Gasteiger partial charge in [-0.25, -0.2) is 4.21 Å². The zero-order valence-electron chi connectivity index (χ0n) is 4.11. The average Bonchev–Trinajstić information content (AvgIpc) is 1.65. The van der Waals surface area contributed by atoms with Crippen LogP contribution in [-0.2, 0) is 15.9 Å². The first-order valence-corrected chi connectivity index (χ1v) is 3.22. The predicted molar refractivity (Wildman–Crippen MR) is 29.7 cm³/mol. The second-order valence-corrected chi connectivity index (χ2v) is 2.26. The fourth-order valence-electron chi connectivity index (χ4n) is 0.204. The van der Waals surface area contributed by atoms with Crippen LogP contribution >= 0.6 is 0 Å². The first-order chi connectivity index (χ1) is 3.66. The molecule has 0 aliphatic carbocycles. The van der Waals surface area contributed by atoms with Crippen molar-refractivity contribution in [3.63, 3.8) is 0 Å². The van der Waals surface area contributed by atoms with Gasteiger partial charge in [0, 0.05) is 0 Å². The van der Waals surface area contributed by atoms with Crippen LogP contribution in [0.3, 0.4) is 0 Å². The lowest BCUT2D eigenvalue weighted by Gasteiger charge is -1.95. The van der Waals surface area contributed by atoms with Gasteiger partial charge in [0.05, 0.1) is 11.8 Å². The lowest BCUT2D eigenvalue weighted by Crippen LogP contribution is -2.28. The van der Waals surface area contributed by atoms with Gasteiger partial charge >= 0.3 is 0 Å². The molecule has 0 aliphatic rings. The molecule has 0 rings (SSSR count). The molecule has 0 heterocycles. The Labute approximate surface area is 49.3 Å². The van der Waals surface area contributed by atoms with Crippen molar-refractivity contribution < 1.29 is 13.6 Å². The summed E-state index contributed by atoms with van der Waals surface area (Å²) in [7, 11) is 0. The summed E-state index contributed by atoms with van der Waals surface area (Å²) in [6, 6.07) is -0.805. The Kier molecular flexibility index (Phi) is 3.59. The van der Waals surface area contributed by atoms with Crippen molar-refractivity contribution in [2.75, 3.05) is 5.75 Å². The molecular weight excluding hydrogens is 130 g/mol. The molecule has 2 atom stereocenters. The van der Waals surface area contributed by atoms with Crippen molar-refractivity contribution in [3.05, 3.63) is 0 Å². The maximum atomic E-state index is 9.84. The minimum Gasteiger partial charge on any atom is -0.321 e. The number of carbonyl (C=O) groups excluding carboxylic acids is 1. The number of nitrogens with two attached hydrogens (primary N) is 1. The van der Waals surface area contributed by atoms with E-state index in [2.05, 4.69) is 0 Å². The molecule has 3 N–H and O–H groups in total. The molecule has 0 aromatic heterocycles. The lowest BCUT2D eigenvalue weighted by molar-refractivity contribution is -0.108. The third kappa shape index (κ3) is 3.91. The van der Waals surface area contributed by atoms with Gasteiger partial charge < -0.3 is 15.1 Å². The highest BCUT2D eigenvalue weighted by atomic mass is 32.2. The molecule has 0 aromatic rings. The van der Waals surface area contributed by atoms with Gasteiger partial charge in [-0.2, -0.15) is 0 Å². The Hall–Kier alpha value is -0.260. The number of rotatable bonds is 3. The second kappa shape index (κ2) is 3.71. The van der Waals surface area contributed by atoms with Crippen molar-refractivity contribution in [1.29, 1.82) is 0 Å². The van der Waals surface area contributed by atoms with Crippen molar-refractivity contribution in [1.82, 2.24) is 0 Å². The molecule has 0 saturated heterocycles. The van der Waals surface area contributed by atoms with Crippen molar-refractivity contribution in [3.8, 4) is 0 Å². The second-order valence-electron chi connectivity index (χ2n) is 1.29. The zero-order valence-corrected chi connectivity index (χ0v) is 4.93. The van der Waals surface area contributed by atoms with Gasteiger partial charge in [0.2, 0.25) is 0 Å². The maximum absolute atomic E-state index is 9.84. The Balaban J connectivity index is 3.38. The van der Waals surface area contributed by atoms with E-state index in [4.69, 9.17) is 10.3 Å². The Bertz CT molecular complexity index is 105. The summed E-state index contributed by atoms with van der Waals surface area (Å²) in [5.74, 6) is -0.177. The van der Waals surface area contributed by atoms with Crippen molar-refractivity contribution >= 4 is 17.4 Å². The summed E-state index contributed by atoms with van der Waals surface area (Å²) >= 11 is -1.95. The maximum Gasteiger partial charge on any atom is 0.154 e. The fraction of sp³-hybridized carbons (Fsp3) is 0.667. The standard InChI is InChI=1S/C3H7NO3S/c4-3(1-5)2-8(6)7/h1,3H,2,4H2,(H,6,7)/t3-/m1/s1. The van der Waals surface area contributed by atoms with Crippen LogP contribution in [0.15, 0.2) is 0 Å². The Morgan fingerprint density at radius 1 is 1.88 bits per heavy atom. The first kappa shape index (κ1) is 7.74. The zero-order chi connectivity index (χ0) is 6.57. The molecule has 0 amide bonds. The number of hydrogen-bond acceptors (Lipinski definition) is 3. The summed E-state index contributed by atoms with van der Waals surface area (Å²) in [6.45, 7) is 0. The highest BCUT2D eigenvalue weighted by Crippen LogP contribution is 1.75. The first-order valence-electron chi connectivity index (χ1n) is 1.95. The van der Waals surface area contributed by atoms with E-state index >= 15 is 0 Å². The molecule has 0 spiro atoms. The molecule has 0 aromatic carbocycles. The van der Waals surface area contributed by atoms with E-state index in [0.29, 0.717) is 6.29 Å². The van der Waals surface area contributed by atoms with Gasteiger partial charge in [0.1, 0.15) is 6.29 Å². The van der Waals surface area contributed by atoms with E-state index in [1.54, 1.807) is 0 Å². The van der Waals surface area contributed by atoms with E-state index in [0.717, 1.165) is 0 Å². The molecule has 0 radical (unpaired) electrons. The van der Waals surface area contributed by atoms with Crippen molar-refractivity contribution in [2.45, 2.75) is 6.04 Å². The molecule has 0 saturated carbocycles. The monoisotopic (exact) mass is 137 g/mol. The van der Waals surface area contributed by atoms with Gasteiger partial charge in [-0.05, 0) is 0 Å². The van der Waals surface area contributed by atoms with E-state index in [9.17, 15) is 9.00 Å². The third-order valence-electron chi connectivity index (χ3n) is 0.510. The van der Waals surface area contributed by atoms with E-state index in [1.807, 2.05) is 0 Å². The van der Waals surface area contributed by atoms with Gasteiger partial charge in [-0.3, -0.25) is 0 Å². The van der Waals surface area contributed by atoms with Gasteiger partial charge in [0.25, 0.3) is 0 Å². The topological polar surface area (TPSA) is 80.4 Å². The number of hydrogen-bond donors (Lipinski definition) is 2. The normalized spacial score (nSPS) is 17.2. The quantitative estimate of drug-likeness (QED) is 0.375. The summed E-state index contributed by atoms with van der Waals surface area (Å²) in [4.78, 5) is 9.67. The molecular formula is C3H7NO3S. The molecule has 1 unspecified atom stereocenters. The van der Waals surface area contributed by atoms with Crippen LogP contribution in [0.1, 0.15) is 0 Å². The van der Waals surface area contributed by atoms with E-state index in [-0.39, 0.29) is 5.75 Å². The van der Waals surface area contributed by atoms with Crippen LogP contribution < -0.4 is 5.73 Å². The Morgan fingerprint density at radius 3 is 2.50 bits per heavy atom. The third-order valence-corrected chi connectivity index (χ3v) is 1.18. The molecule has 48 valence electrons. The molecule has 4 nitrogen and oxygen atoms in total. The average molecular weight is 137 g/mol. The van der Waals surface area contributed by atoms with E-state index in [1.165, 1.54) is 0 Å². The number of aldehydes is 1. The molecule has 0 fully saturated rings. The van der Waals surface area contributed by atoms with Gasteiger partial charge in [0.15, 0.2) is 11.1 Å². The largest absolute Gasteiger partial charge is 0.321 e. The summed E-state index contributed by atoms with van der Waals surface area (Å²) in [6.07, 6.45) is 0.439. The highest BCUT2D eigenvalue weighted by Gasteiger charge is 2.01. The Morgan fingerprint density at radius 2 is 2.38 bits per heavy atom. The van der Waals surface area contributed by atoms with Gasteiger partial charge in [-0.1, -0.05) is 0 Å². The molecule has 8 heavy (non-hydrogen) atoms. The van der Waals surface area contributed by atoms with Crippen LogP contribution in [0.25, 0.3) is 0 Å². The van der Waals surface area contributed by atoms with Crippen LogP contribution in [0.5, 0.6) is 0 Å². The van der Waals surface area contributed by atoms with Crippen LogP contribution in [0.4, 0.5) is 0 Å². The fourth-order valence-corrected chi connectivity index (χ4v) is 0.612. The number of carbonyl (C=O) groups is 1. The summed E-state index contributed by atoms with van der Waals surface area (Å²) in [5.41, 5.74) is 4.95. The van der Waals surface area contributed by atoms with Crippen LogP contribution in [0.2, 0.25) is 0 Å². The van der Waals surface area contributed by atoms with Crippen LogP contribution in [0, 0.1) is 0 Å². The van der Waals surface area contributed by atoms with Crippen LogP contribution in [-0.4, -0.2) is 26.8 Å². The minimum absolute atomic E-state index is 0.177. The SMILES string of the molecule is N[C@H](C=O)CS(=O)O. The van der Waals surface area contributed by atoms with Crippen molar-refractivity contribution in [2.24, 2.45) is 5.73 Å². The highest BCUT2D eigenvalue weighted by molar-refractivity contribution is 7.79. The summed E-state index contributed by atoms with van der Waals surface area (Å²) in [5, 5.41) is 0. The predicted octanol–water partition coefficient (Wildman–Crippen LogP) is -1.27. The smallest absolute Gasteiger partial charge is 0.154 e. The molecule has 0 aliphatic heterocycles. The molecule has 5 heteroatoms. The lowest BCUT2D eigenvalue weighted by atomic mass is 10.4. The minimum atomic E-state index is -1.95. The van der Waals surface area contributed by atoms with E-state index < -0.39 is 17.1 Å². The molecule has 0 bridgehead atoms.